The lowest BCUT2D eigenvalue weighted by Crippen LogP contribution is -2.47. The zero-order valence-corrected chi connectivity index (χ0v) is 10.3. The molecule has 1 rings (SSSR count). The van der Waals surface area contributed by atoms with Crippen molar-refractivity contribution in [2.75, 3.05) is 18.8 Å². The van der Waals surface area contributed by atoms with Gasteiger partial charge >= 0.3 is 0 Å². The van der Waals surface area contributed by atoms with Crippen LogP contribution in [0.5, 0.6) is 0 Å². The van der Waals surface area contributed by atoms with Gasteiger partial charge < -0.3 is 5.73 Å². The van der Waals surface area contributed by atoms with Crippen molar-refractivity contribution in [2.24, 2.45) is 5.73 Å². The Balaban J connectivity index is 2.60. The van der Waals surface area contributed by atoms with Crippen molar-refractivity contribution in [3.8, 4) is 0 Å². The fraction of sp³-hybridized carbons (Fsp3) is 1.00. The van der Waals surface area contributed by atoms with Crippen molar-refractivity contribution in [1.29, 1.82) is 0 Å². The van der Waals surface area contributed by atoms with Gasteiger partial charge in [-0.25, -0.2) is 8.42 Å². The number of rotatable bonds is 7. The van der Waals surface area contributed by atoms with Gasteiger partial charge in [0.1, 0.15) is 0 Å². The summed E-state index contributed by atoms with van der Waals surface area (Å²) in [5, 5.41) is 0. The zero-order chi connectivity index (χ0) is 11.3. The van der Waals surface area contributed by atoms with E-state index < -0.39 is 10.0 Å². The highest BCUT2D eigenvalue weighted by Crippen LogP contribution is 2.27. The van der Waals surface area contributed by atoms with Gasteiger partial charge in [0, 0.05) is 19.1 Å². The lowest BCUT2D eigenvalue weighted by Gasteiger charge is -2.36. The van der Waals surface area contributed by atoms with Gasteiger partial charge in [0.15, 0.2) is 0 Å². The number of nitrogens with zero attached hydrogens (tertiary/aromatic N) is 1. The van der Waals surface area contributed by atoms with Crippen LogP contribution in [0.4, 0.5) is 0 Å². The molecule has 1 fully saturated rings. The first-order chi connectivity index (χ1) is 7.11. The largest absolute Gasteiger partial charge is 0.329 e. The molecule has 0 aromatic carbocycles. The van der Waals surface area contributed by atoms with Crippen LogP contribution in [-0.4, -0.2) is 37.6 Å². The maximum atomic E-state index is 12.0. The molecule has 0 heterocycles. The predicted molar refractivity (Wildman–Crippen MR) is 62.1 cm³/mol. The summed E-state index contributed by atoms with van der Waals surface area (Å²) < 4.78 is 25.6. The summed E-state index contributed by atoms with van der Waals surface area (Å²) in [6.45, 7) is 2.91. The highest BCUT2D eigenvalue weighted by Gasteiger charge is 2.32. The summed E-state index contributed by atoms with van der Waals surface area (Å²) >= 11 is 0. The summed E-state index contributed by atoms with van der Waals surface area (Å²) in [5.74, 6) is 0.278. The van der Waals surface area contributed by atoms with Crippen molar-refractivity contribution in [2.45, 2.75) is 45.1 Å². The third-order valence-electron chi connectivity index (χ3n) is 2.94. The fourth-order valence-electron chi connectivity index (χ4n) is 1.79. The molecule has 0 aliphatic heterocycles. The van der Waals surface area contributed by atoms with E-state index in [1.165, 1.54) is 0 Å². The Hall–Kier alpha value is -0.130. The first kappa shape index (κ1) is 12.9. The number of unbranched alkanes of at least 4 members (excludes halogenated alkanes) is 1. The molecule has 0 aromatic rings. The zero-order valence-electron chi connectivity index (χ0n) is 9.48. The van der Waals surface area contributed by atoms with Crippen molar-refractivity contribution >= 4 is 10.0 Å². The van der Waals surface area contributed by atoms with Crippen LogP contribution in [0, 0.1) is 0 Å². The Kier molecular flexibility index (Phi) is 5.02. The molecule has 0 atom stereocenters. The van der Waals surface area contributed by atoms with Crippen LogP contribution in [0.3, 0.4) is 0 Å². The lowest BCUT2D eigenvalue weighted by atomic mass is 9.93. The van der Waals surface area contributed by atoms with E-state index >= 15 is 0 Å². The van der Waals surface area contributed by atoms with E-state index in [1.807, 2.05) is 6.92 Å². The minimum atomic E-state index is -3.05. The van der Waals surface area contributed by atoms with E-state index in [4.69, 9.17) is 5.73 Å². The van der Waals surface area contributed by atoms with Crippen LogP contribution >= 0.6 is 0 Å². The molecule has 0 amide bonds. The third kappa shape index (κ3) is 3.43. The second-order valence-electron chi connectivity index (χ2n) is 4.15. The molecule has 1 aliphatic carbocycles. The molecule has 0 radical (unpaired) electrons. The van der Waals surface area contributed by atoms with E-state index in [0.29, 0.717) is 13.1 Å². The van der Waals surface area contributed by atoms with Crippen molar-refractivity contribution in [3.05, 3.63) is 0 Å². The molecule has 0 spiro atoms. The van der Waals surface area contributed by atoms with Gasteiger partial charge in [0.05, 0.1) is 5.75 Å². The van der Waals surface area contributed by atoms with Gasteiger partial charge in [0.2, 0.25) is 10.0 Å². The Bertz CT molecular complexity index is 273. The van der Waals surface area contributed by atoms with Gasteiger partial charge in [-0.1, -0.05) is 19.8 Å². The van der Waals surface area contributed by atoms with E-state index in [-0.39, 0.29) is 11.8 Å². The first-order valence-corrected chi connectivity index (χ1v) is 7.42. The van der Waals surface area contributed by atoms with Gasteiger partial charge in [-0.15, -0.1) is 0 Å². The number of hydrogen-bond donors (Lipinski definition) is 1. The molecule has 1 aliphatic rings. The Morgan fingerprint density at radius 1 is 1.40 bits per heavy atom. The fourth-order valence-corrected chi connectivity index (χ4v) is 3.73. The Morgan fingerprint density at radius 2 is 2.07 bits per heavy atom. The van der Waals surface area contributed by atoms with Gasteiger partial charge in [-0.05, 0) is 19.3 Å². The summed E-state index contributed by atoms with van der Waals surface area (Å²) in [5.41, 5.74) is 5.47. The second kappa shape index (κ2) is 5.82. The van der Waals surface area contributed by atoms with Crippen LogP contribution < -0.4 is 5.73 Å². The summed E-state index contributed by atoms with van der Waals surface area (Å²) in [6.07, 6.45) is 4.82. The quantitative estimate of drug-likeness (QED) is 0.712. The van der Waals surface area contributed by atoms with Crippen LogP contribution in [-0.2, 0) is 10.0 Å². The molecule has 1 saturated carbocycles. The first-order valence-electron chi connectivity index (χ1n) is 5.81. The van der Waals surface area contributed by atoms with Crippen LogP contribution in [0.1, 0.15) is 39.0 Å². The number of hydrogen-bond acceptors (Lipinski definition) is 3. The molecule has 0 bridgehead atoms. The van der Waals surface area contributed by atoms with Crippen LogP contribution in [0.2, 0.25) is 0 Å². The highest BCUT2D eigenvalue weighted by molar-refractivity contribution is 7.89. The topological polar surface area (TPSA) is 63.4 Å². The van der Waals surface area contributed by atoms with E-state index in [2.05, 4.69) is 0 Å². The normalized spacial score (nSPS) is 18.1. The van der Waals surface area contributed by atoms with Gasteiger partial charge in [-0.3, -0.25) is 0 Å². The molecular formula is C10H22N2O2S. The smallest absolute Gasteiger partial charge is 0.214 e. The second-order valence-corrected chi connectivity index (χ2v) is 6.19. The van der Waals surface area contributed by atoms with E-state index in [0.717, 1.165) is 32.1 Å². The number of nitrogens with two attached hydrogens (primary N) is 1. The van der Waals surface area contributed by atoms with Gasteiger partial charge in [-0.2, -0.15) is 4.31 Å². The van der Waals surface area contributed by atoms with E-state index in [9.17, 15) is 8.42 Å². The molecule has 0 aromatic heterocycles. The molecule has 15 heavy (non-hydrogen) atoms. The molecule has 5 heteroatoms. The van der Waals surface area contributed by atoms with Gasteiger partial charge in [0.25, 0.3) is 0 Å². The minimum Gasteiger partial charge on any atom is -0.329 e. The summed E-state index contributed by atoms with van der Waals surface area (Å²) in [7, 11) is -3.05. The molecular weight excluding hydrogens is 212 g/mol. The monoisotopic (exact) mass is 234 g/mol. The molecule has 90 valence electrons. The number of sulfonamides is 1. The minimum absolute atomic E-state index is 0.232. The van der Waals surface area contributed by atoms with Crippen molar-refractivity contribution < 1.29 is 8.42 Å². The highest BCUT2D eigenvalue weighted by atomic mass is 32.2. The average molecular weight is 234 g/mol. The molecule has 4 nitrogen and oxygen atoms in total. The standard InChI is InChI=1S/C10H22N2O2S/c1-2-3-9-15(13,14)12(8-7-11)10-5-4-6-10/h10H,2-9,11H2,1H3. The maximum absolute atomic E-state index is 12.0. The average Bonchev–Trinajstić information content (AvgIpc) is 2.11. The maximum Gasteiger partial charge on any atom is 0.214 e. The summed E-state index contributed by atoms with van der Waals surface area (Å²) in [6, 6.07) is 0.232. The van der Waals surface area contributed by atoms with Crippen LogP contribution in [0.25, 0.3) is 0 Å². The molecule has 2 N–H and O–H groups in total. The molecule has 0 saturated heterocycles. The summed E-state index contributed by atoms with van der Waals surface area (Å²) in [4.78, 5) is 0. The third-order valence-corrected chi connectivity index (χ3v) is 4.94. The predicted octanol–water partition coefficient (Wildman–Crippen LogP) is 0.930. The Morgan fingerprint density at radius 3 is 2.47 bits per heavy atom. The van der Waals surface area contributed by atoms with Crippen molar-refractivity contribution in [3.63, 3.8) is 0 Å². The lowest BCUT2D eigenvalue weighted by molar-refractivity contribution is 0.223. The Labute approximate surface area is 92.9 Å². The van der Waals surface area contributed by atoms with Crippen LogP contribution in [0.15, 0.2) is 0 Å². The SMILES string of the molecule is CCCCS(=O)(=O)N(CCN)C1CCC1. The van der Waals surface area contributed by atoms with Crippen molar-refractivity contribution in [1.82, 2.24) is 4.31 Å². The molecule has 0 unspecified atom stereocenters. The van der Waals surface area contributed by atoms with E-state index in [1.54, 1.807) is 4.31 Å².